The predicted molar refractivity (Wildman–Crippen MR) is 101 cm³/mol. The van der Waals surface area contributed by atoms with E-state index in [2.05, 4.69) is 20.7 Å². The van der Waals surface area contributed by atoms with E-state index in [4.69, 9.17) is 14.9 Å². The van der Waals surface area contributed by atoms with Crippen molar-refractivity contribution in [2.75, 3.05) is 40.4 Å². The van der Waals surface area contributed by atoms with Crippen molar-refractivity contribution in [2.45, 2.75) is 0 Å². The quantitative estimate of drug-likeness (QED) is 0.491. The van der Waals surface area contributed by atoms with Crippen LogP contribution in [0.3, 0.4) is 0 Å². The van der Waals surface area contributed by atoms with Crippen LogP contribution in [0.2, 0.25) is 0 Å². The van der Waals surface area contributed by atoms with Crippen molar-refractivity contribution in [1.29, 1.82) is 0 Å². The van der Waals surface area contributed by atoms with Gasteiger partial charge in [-0.05, 0) is 48.5 Å². The molecule has 27 heavy (non-hydrogen) atoms. The predicted octanol–water partition coefficient (Wildman–Crippen LogP) is 3.32. The maximum atomic E-state index is 8.82. The van der Waals surface area contributed by atoms with Gasteiger partial charge in [-0.2, -0.15) is 0 Å². The number of hydrogen-bond acceptors (Lipinski definition) is 7. The van der Waals surface area contributed by atoms with Crippen molar-refractivity contribution in [3.05, 3.63) is 48.5 Å². The Kier molecular flexibility index (Phi) is 8.14. The number of rotatable bonds is 10. The molecule has 2 N–H and O–H groups in total. The Hall–Kier alpha value is -3.04. The molecule has 2 aromatic rings. The van der Waals surface area contributed by atoms with Gasteiger partial charge >= 0.3 is 0 Å². The number of aliphatic hydroxyl groups is 2. The van der Waals surface area contributed by atoms with Gasteiger partial charge in [0.1, 0.15) is 11.5 Å². The lowest BCUT2D eigenvalue weighted by Gasteiger charge is -2.09. The fourth-order valence-electron chi connectivity index (χ4n) is 1.93. The Balaban J connectivity index is 1.91. The van der Waals surface area contributed by atoms with Crippen LogP contribution < -0.4 is 4.74 Å². The van der Waals surface area contributed by atoms with E-state index in [1.807, 2.05) is 0 Å². The average Bonchev–Trinajstić information content (AvgIpc) is 2.67. The van der Waals surface area contributed by atoms with E-state index in [0.717, 1.165) is 0 Å². The molecule has 0 amide bonds. The summed E-state index contributed by atoms with van der Waals surface area (Å²) >= 11 is 0. The summed E-state index contributed by atoms with van der Waals surface area (Å²) < 4.78 is 5.79. The molecule has 2 aromatic carbocycles. The van der Waals surface area contributed by atoms with E-state index >= 15 is 0 Å². The van der Waals surface area contributed by atoms with Gasteiger partial charge < -0.3 is 14.9 Å². The van der Waals surface area contributed by atoms with E-state index in [0.29, 0.717) is 36.0 Å². The molecule has 0 spiro atoms. The highest BCUT2D eigenvalue weighted by molar-refractivity contribution is 5.44. The Morgan fingerprint density at radius 2 is 1.07 bits per heavy atom. The summed E-state index contributed by atoms with van der Waals surface area (Å²) in [6.07, 6.45) is 0. The van der Waals surface area contributed by atoms with E-state index in [9.17, 15) is 0 Å². The largest absolute Gasteiger partial charge is 0.457 e. The topological polar surface area (TPSA) is 106 Å². The van der Waals surface area contributed by atoms with Crippen LogP contribution in [0.1, 0.15) is 0 Å². The lowest BCUT2D eigenvalue weighted by Crippen LogP contribution is -2.14. The van der Waals surface area contributed by atoms with Crippen LogP contribution in [0.5, 0.6) is 11.5 Å². The van der Waals surface area contributed by atoms with Gasteiger partial charge in [0.25, 0.3) is 0 Å². The molecule has 0 aromatic heterocycles. The Morgan fingerprint density at radius 3 is 1.41 bits per heavy atom. The summed E-state index contributed by atoms with van der Waals surface area (Å²) in [7, 11) is 3.48. The molecule has 0 saturated heterocycles. The van der Waals surface area contributed by atoms with Crippen molar-refractivity contribution < 1.29 is 14.9 Å². The third-order valence-corrected chi connectivity index (χ3v) is 3.38. The number of nitrogens with zero attached hydrogens (tertiary/aromatic N) is 6. The molecule has 144 valence electrons. The molecule has 9 heteroatoms. The van der Waals surface area contributed by atoms with Gasteiger partial charge in [-0.25, -0.2) is 0 Å². The zero-order chi connectivity index (χ0) is 19.5. The highest BCUT2D eigenvalue weighted by Crippen LogP contribution is 2.26. The number of benzene rings is 2. The molecule has 0 radical (unpaired) electrons. The van der Waals surface area contributed by atoms with Crippen LogP contribution >= 0.6 is 0 Å². The standard InChI is InChI=1S/C18H24N6O3/c1-23(11-13-25)21-19-15-3-7-17(8-4-15)27-18-9-5-16(6-10-18)20-22-24(2)12-14-26/h3-10,25-26H,11-14H2,1-2H3. The zero-order valence-corrected chi connectivity index (χ0v) is 15.4. The monoisotopic (exact) mass is 372 g/mol. The number of aliphatic hydroxyl groups excluding tert-OH is 2. The molecule has 0 fully saturated rings. The smallest absolute Gasteiger partial charge is 0.127 e. The third-order valence-electron chi connectivity index (χ3n) is 3.38. The molecular formula is C18H24N6O3. The van der Waals surface area contributed by atoms with Gasteiger partial charge in [-0.15, -0.1) is 10.2 Å². The Morgan fingerprint density at radius 1 is 0.704 bits per heavy atom. The highest BCUT2D eigenvalue weighted by Gasteiger charge is 2.00. The SMILES string of the molecule is CN(CCO)N=Nc1ccc(Oc2ccc(N=NN(C)CCO)cc2)cc1. The van der Waals surface area contributed by atoms with Gasteiger partial charge in [0.2, 0.25) is 0 Å². The second kappa shape index (κ2) is 10.8. The Bertz CT molecular complexity index is 670. The van der Waals surface area contributed by atoms with Gasteiger partial charge in [-0.1, -0.05) is 10.4 Å². The first kappa shape index (κ1) is 20.3. The van der Waals surface area contributed by atoms with E-state index in [-0.39, 0.29) is 13.2 Å². The van der Waals surface area contributed by atoms with Crippen LogP contribution in [-0.4, -0.2) is 60.6 Å². The number of likely N-dealkylation sites (N-methyl/N-ethyl adjacent to an activating group) is 2. The van der Waals surface area contributed by atoms with E-state index in [1.54, 1.807) is 72.6 Å². The third kappa shape index (κ3) is 7.38. The highest BCUT2D eigenvalue weighted by atomic mass is 16.5. The molecule has 0 atom stereocenters. The van der Waals surface area contributed by atoms with Crippen molar-refractivity contribution >= 4 is 11.4 Å². The second-order valence-corrected chi connectivity index (χ2v) is 5.68. The lowest BCUT2D eigenvalue weighted by molar-refractivity contribution is 0.219. The maximum Gasteiger partial charge on any atom is 0.127 e. The van der Waals surface area contributed by atoms with Crippen LogP contribution in [0, 0.1) is 0 Å². The summed E-state index contributed by atoms with van der Waals surface area (Å²) in [5.41, 5.74) is 1.38. The number of hydrogen-bond donors (Lipinski definition) is 2. The molecule has 0 unspecified atom stereocenters. The molecule has 0 aliphatic carbocycles. The minimum atomic E-state index is 0.0296. The minimum Gasteiger partial charge on any atom is -0.457 e. The minimum absolute atomic E-state index is 0.0296. The molecular weight excluding hydrogens is 348 g/mol. The molecule has 0 heterocycles. The van der Waals surface area contributed by atoms with E-state index < -0.39 is 0 Å². The van der Waals surface area contributed by atoms with Crippen LogP contribution in [0.25, 0.3) is 0 Å². The molecule has 0 saturated carbocycles. The first-order chi connectivity index (χ1) is 13.1. The van der Waals surface area contributed by atoms with Gasteiger partial charge in [0.15, 0.2) is 0 Å². The normalized spacial score (nSPS) is 11.3. The first-order valence-corrected chi connectivity index (χ1v) is 8.46. The second-order valence-electron chi connectivity index (χ2n) is 5.68. The summed E-state index contributed by atoms with van der Waals surface area (Å²) in [6.45, 7) is 0.916. The van der Waals surface area contributed by atoms with Gasteiger partial charge in [0.05, 0.1) is 37.7 Å². The van der Waals surface area contributed by atoms with E-state index in [1.165, 1.54) is 0 Å². The summed E-state index contributed by atoms with van der Waals surface area (Å²) in [5.74, 6) is 1.35. The number of ether oxygens (including phenoxy) is 1. The van der Waals surface area contributed by atoms with Gasteiger partial charge in [0, 0.05) is 14.1 Å². The first-order valence-electron chi connectivity index (χ1n) is 8.46. The molecule has 9 nitrogen and oxygen atoms in total. The maximum absolute atomic E-state index is 8.82. The molecule has 0 aliphatic heterocycles. The summed E-state index contributed by atoms with van der Waals surface area (Å²) in [4.78, 5) is 0. The Labute approximate surface area is 158 Å². The molecule has 2 rings (SSSR count). The van der Waals surface area contributed by atoms with Crippen molar-refractivity contribution in [2.24, 2.45) is 20.7 Å². The van der Waals surface area contributed by atoms with Crippen molar-refractivity contribution in [3.63, 3.8) is 0 Å². The lowest BCUT2D eigenvalue weighted by atomic mass is 10.3. The van der Waals surface area contributed by atoms with Crippen LogP contribution in [0.4, 0.5) is 11.4 Å². The van der Waals surface area contributed by atoms with Crippen molar-refractivity contribution in [1.82, 2.24) is 10.0 Å². The molecule has 0 aliphatic rings. The summed E-state index contributed by atoms with van der Waals surface area (Å²) in [6, 6.07) is 14.4. The van der Waals surface area contributed by atoms with Crippen LogP contribution in [-0.2, 0) is 0 Å². The van der Waals surface area contributed by atoms with Gasteiger partial charge in [-0.3, -0.25) is 10.0 Å². The molecule has 0 bridgehead atoms. The zero-order valence-electron chi connectivity index (χ0n) is 15.4. The average molecular weight is 372 g/mol. The van der Waals surface area contributed by atoms with Crippen LogP contribution in [0.15, 0.2) is 69.2 Å². The fraction of sp³-hybridized carbons (Fsp3) is 0.333. The van der Waals surface area contributed by atoms with Crippen molar-refractivity contribution in [3.8, 4) is 11.5 Å². The fourth-order valence-corrected chi connectivity index (χ4v) is 1.93. The summed E-state index contributed by atoms with van der Waals surface area (Å²) in [5, 5.41) is 36.9.